The average molecular weight is 410 g/mol. The molecular weight excluding hydrogens is 392 g/mol. The van der Waals surface area contributed by atoms with Gasteiger partial charge < -0.3 is 5.32 Å². The van der Waals surface area contributed by atoms with Gasteiger partial charge in [-0.1, -0.05) is 12.1 Å². The molecule has 27 heavy (non-hydrogen) atoms. The second-order valence-electron chi connectivity index (χ2n) is 6.20. The minimum absolute atomic E-state index is 0.0898. The van der Waals surface area contributed by atoms with Crippen LogP contribution in [0, 0.1) is 16.0 Å². The fourth-order valence-electron chi connectivity index (χ4n) is 2.92. The Morgan fingerprint density at radius 1 is 1.37 bits per heavy atom. The summed E-state index contributed by atoms with van der Waals surface area (Å²) in [5.74, 6) is -0.930. The highest BCUT2D eigenvalue weighted by Crippen LogP contribution is 2.24. The van der Waals surface area contributed by atoms with Crippen molar-refractivity contribution in [3.63, 3.8) is 0 Å². The van der Waals surface area contributed by atoms with Crippen LogP contribution in [0.5, 0.6) is 0 Å². The number of hydrogen-bond acceptors (Lipinski definition) is 7. The summed E-state index contributed by atoms with van der Waals surface area (Å²) in [5, 5.41) is 15.6. The fourth-order valence-corrected chi connectivity index (χ4v) is 5.06. The lowest BCUT2D eigenvalue weighted by atomic mass is 9.99. The maximum absolute atomic E-state index is 12.7. The van der Waals surface area contributed by atoms with Crippen LogP contribution in [0.1, 0.15) is 18.4 Å². The van der Waals surface area contributed by atoms with E-state index in [0.717, 1.165) is 0 Å². The minimum Gasteiger partial charge on any atom is -0.302 e. The number of carbonyl (C=O) groups excluding carboxylic acids is 1. The third kappa shape index (κ3) is 4.87. The first-order chi connectivity index (χ1) is 12.8. The molecule has 2 aromatic rings. The summed E-state index contributed by atoms with van der Waals surface area (Å²) >= 11 is 1.30. The largest absolute Gasteiger partial charge is 0.302 e. The lowest BCUT2D eigenvalue weighted by Gasteiger charge is -2.31. The van der Waals surface area contributed by atoms with Gasteiger partial charge in [0.2, 0.25) is 15.9 Å². The third-order valence-corrected chi connectivity index (χ3v) is 6.81. The van der Waals surface area contributed by atoms with Crippen molar-refractivity contribution in [3.05, 3.63) is 51.5 Å². The lowest BCUT2D eigenvalue weighted by molar-refractivity contribution is -0.384. The smallest absolute Gasteiger partial charge is 0.269 e. The number of rotatable bonds is 6. The van der Waals surface area contributed by atoms with Crippen molar-refractivity contribution in [2.45, 2.75) is 18.6 Å². The van der Waals surface area contributed by atoms with Crippen LogP contribution in [0.4, 0.5) is 10.8 Å². The summed E-state index contributed by atoms with van der Waals surface area (Å²) in [4.78, 5) is 26.5. The topological polar surface area (TPSA) is 123 Å². The molecule has 9 nitrogen and oxygen atoms in total. The van der Waals surface area contributed by atoms with E-state index in [1.807, 2.05) is 0 Å². The molecule has 1 aliphatic heterocycles. The van der Waals surface area contributed by atoms with Crippen LogP contribution in [0.3, 0.4) is 0 Å². The van der Waals surface area contributed by atoms with E-state index in [0.29, 0.717) is 30.1 Å². The Morgan fingerprint density at radius 2 is 2.11 bits per heavy atom. The Balaban J connectivity index is 1.65. The first-order valence-corrected chi connectivity index (χ1v) is 10.8. The van der Waals surface area contributed by atoms with Crippen LogP contribution in [0.2, 0.25) is 0 Å². The predicted octanol–water partition coefficient (Wildman–Crippen LogP) is 2.23. The van der Waals surface area contributed by atoms with E-state index in [2.05, 4.69) is 10.3 Å². The number of nitro benzene ring substituents is 1. The Hall–Kier alpha value is -2.37. The minimum atomic E-state index is -3.63. The summed E-state index contributed by atoms with van der Waals surface area (Å²) in [6.45, 7) is 0.475. The van der Waals surface area contributed by atoms with Crippen LogP contribution in [-0.4, -0.2) is 41.6 Å². The van der Waals surface area contributed by atoms with Gasteiger partial charge in [-0.2, -0.15) is 0 Å². The molecule has 1 atom stereocenters. The van der Waals surface area contributed by atoms with Gasteiger partial charge in [-0.3, -0.25) is 14.9 Å². The van der Waals surface area contributed by atoms with Gasteiger partial charge in [-0.25, -0.2) is 17.7 Å². The van der Waals surface area contributed by atoms with E-state index in [-0.39, 0.29) is 23.9 Å². The summed E-state index contributed by atoms with van der Waals surface area (Å²) in [6.07, 6.45) is 2.79. The number of nitro groups is 1. The van der Waals surface area contributed by atoms with E-state index in [9.17, 15) is 23.3 Å². The number of amides is 1. The molecule has 0 bridgehead atoms. The van der Waals surface area contributed by atoms with Crippen molar-refractivity contribution in [2.24, 2.45) is 5.92 Å². The normalized spacial score (nSPS) is 18.1. The number of thiazole rings is 1. The van der Waals surface area contributed by atoms with E-state index in [4.69, 9.17) is 0 Å². The van der Waals surface area contributed by atoms with Crippen molar-refractivity contribution >= 4 is 38.1 Å². The van der Waals surface area contributed by atoms with Gasteiger partial charge in [0.15, 0.2) is 5.13 Å². The summed E-state index contributed by atoms with van der Waals surface area (Å²) in [6, 6.07) is 5.44. The van der Waals surface area contributed by atoms with Crippen LogP contribution in [-0.2, 0) is 20.6 Å². The highest BCUT2D eigenvalue weighted by Gasteiger charge is 2.32. The molecule has 1 fully saturated rings. The van der Waals surface area contributed by atoms with Crippen molar-refractivity contribution in [2.75, 3.05) is 18.4 Å². The maximum atomic E-state index is 12.7. The Bertz CT molecular complexity index is 913. The van der Waals surface area contributed by atoms with Crippen LogP contribution in [0.25, 0.3) is 0 Å². The maximum Gasteiger partial charge on any atom is 0.269 e. The molecule has 3 rings (SSSR count). The van der Waals surface area contributed by atoms with Crippen molar-refractivity contribution < 1.29 is 18.1 Å². The van der Waals surface area contributed by atoms with Gasteiger partial charge >= 0.3 is 0 Å². The Morgan fingerprint density at radius 3 is 2.74 bits per heavy atom. The molecule has 1 unspecified atom stereocenters. The molecule has 1 aromatic heterocycles. The number of aromatic nitrogens is 1. The second kappa shape index (κ2) is 8.11. The zero-order valence-corrected chi connectivity index (χ0v) is 15.9. The van der Waals surface area contributed by atoms with Gasteiger partial charge in [0.05, 0.1) is 16.6 Å². The molecule has 2 heterocycles. The first-order valence-electron chi connectivity index (χ1n) is 8.26. The monoisotopic (exact) mass is 410 g/mol. The van der Waals surface area contributed by atoms with E-state index < -0.39 is 20.9 Å². The zero-order chi connectivity index (χ0) is 19.4. The number of piperidine rings is 1. The molecule has 1 N–H and O–H groups in total. The third-order valence-electron chi connectivity index (χ3n) is 4.31. The van der Waals surface area contributed by atoms with Crippen LogP contribution < -0.4 is 5.32 Å². The van der Waals surface area contributed by atoms with E-state index in [1.54, 1.807) is 11.6 Å². The highest BCUT2D eigenvalue weighted by atomic mass is 32.2. The highest BCUT2D eigenvalue weighted by molar-refractivity contribution is 7.88. The van der Waals surface area contributed by atoms with E-state index >= 15 is 0 Å². The molecule has 1 aliphatic rings. The second-order valence-corrected chi connectivity index (χ2v) is 9.07. The van der Waals surface area contributed by atoms with Gasteiger partial charge in [-0.05, 0) is 18.4 Å². The molecule has 0 aliphatic carbocycles. The van der Waals surface area contributed by atoms with Crippen molar-refractivity contribution in [1.82, 2.24) is 9.29 Å². The van der Waals surface area contributed by atoms with Gasteiger partial charge in [0.25, 0.3) is 5.69 Å². The lowest BCUT2D eigenvalue weighted by Crippen LogP contribution is -2.44. The van der Waals surface area contributed by atoms with Crippen molar-refractivity contribution in [3.8, 4) is 0 Å². The number of hydrogen-bond donors (Lipinski definition) is 1. The van der Waals surface area contributed by atoms with Gasteiger partial charge in [0.1, 0.15) is 0 Å². The van der Waals surface area contributed by atoms with Gasteiger partial charge in [0, 0.05) is 36.8 Å². The molecule has 1 amide bonds. The number of sulfonamides is 1. The van der Waals surface area contributed by atoms with E-state index in [1.165, 1.54) is 39.9 Å². The van der Waals surface area contributed by atoms with Crippen LogP contribution >= 0.6 is 11.3 Å². The Labute approximate surface area is 160 Å². The fraction of sp³-hybridized carbons (Fsp3) is 0.375. The Kier molecular flexibility index (Phi) is 5.82. The predicted molar refractivity (Wildman–Crippen MR) is 101 cm³/mol. The number of non-ortho nitro benzene ring substituents is 1. The molecule has 11 heteroatoms. The number of nitrogens with zero attached hydrogens (tertiary/aromatic N) is 3. The molecular formula is C16H18N4O5S2. The molecule has 0 radical (unpaired) electrons. The van der Waals surface area contributed by atoms with Crippen molar-refractivity contribution in [1.29, 1.82) is 0 Å². The summed E-state index contributed by atoms with van der Waals surface area (Å²) in [7, 11) is -3.63. The summed E-state index contributed by atoms with van der Waals surface area (Å²) in [5.41, 5.74) is 0.378. The molecule has 1 aromatic carbocycles. The molecule has 0 saturated carbocycles. The molecule has 144 valence electrons. The standard InChI is InChI=1S/C16H18N4O5S2/c21-15(18-16-17-7-9-26-16)13-2-1-8-19(10-13)27(24,25)11-12-3-5-14(6-4-12)20(22)23/h3-7,9,13H,1-2,8,10-11H2,(H,17,18,21). The quantitative estimate of drug-likeness (QED) is 0.575. The number of carbonyl (C=O) groups is 1. The molecule has 0 spiro atoms. The average Bonchev–Trinajstić information content (AvgIpc) is 3.15. The zero-order valence-electron chi connectivity index (χ0n) is 14.3. The number of nitrogens with one attached hydrogen (secondary N) is 1. The van der Waals surface area contributed by atoms with Gasteiger partial charge in [-0.15, -0.1) is 11.3 Å². The number of benzene rings is 1. The molecule has 1 saturated heterocycles. The van der Waals surface area contributed by atoms with Crippen LogP contribution in [0.15, 0.2) is 35.8 Å². The first kappa shape index (κ1) is 19.4. The number of anilines is 1. The summed E-state index contributed by atoms with van der Waals surface area (Å²) < 4.78 is 26.7. The SMILES string of the molecule is O=C(Nc1nccs1)C1CCCN(S(=O)(=O)Cc2ccc([N+](=O)[O-])cc2)C1.